The van der Waals surface area contributed by atoms with Crippen LogP contribution in [-0.4, -0.2) is 19.1 Å². The van der Waals surface area contributed by atoms with Crippen molar-refractivity contribution in [3.63, 3.8) is 0 Å². The van der Waals surface area contributed by atoms with Crippen molar-refractivity contribution in [3.8, 4) is 11.5 Å². The van der Waals surface area contributed by atoms with Crippen LogP contribution in [0, 0.1) is 0 Å². The van der Waals surface area contributed by atoms with Crippen LogP contribution >= 0.6 is 11.6 Å². The van der Waals surface area contributed by atoms with Gasteiger partial charge in [-0.25, -0.2) is 0 Å². The van der Waals surface area contributed by atoms with Crippen molar-refractivity contribution in [2.45, 2.75) is 13.0 Å². The standard InChI is InChI=1S/C13H14ClNO3/c1-2-12(16)15-8-9-6-10(14)13-11(7-9)17-4-3-5-18-13/h2,6-7H,1,3-5,8H2,(H,15,16). The number of nitrogens with one attached hydrogen (secondary N) is 1. The number of rotatable bonds is 3. The van der Waals surface area contributed by atoms with Gasteiger partial charge in [-0.1, -0.05) is 18.2 Å². The maximum absolute atomic E-state index is 11.1. The summed E-state index contributed by atoms with van der Waals surface area (Å²) >= 11 is 6.13. The maximum Gasteiger partial charge on any atom is 0.243 e. The van der Waals surface area contributed by atoms with Crippen molar-refractivity contribution < 1.29 is 14.3 Å². The van der Waals surface area contributed by atoms with Gasteiger partial charge in [0.25, 0.3) is 0 Å². The molecule has 0 saturated heterocycles. The molecule has 1 aromatic carbocycles. The van der Waals surface area contributed by atoms with Crippen LogP contribution in [0.4, 0.5) is 0 Å². The molecule has 0 saturated carbocycles. The summed E-state index contributed by atoms with van der Waals surface area (Å²) < 4.78 is 11.1. The average Bonchev–Trinajstić information content (AvgIpc) is 2.61. The van der Waals surface area contributed by atoms with Gasteiger partial charge >= 0.3 is 0 Å². The number of benzene rings is 1. The van der Waals surface area contributed by atoms with E-state index in [9.17, 15) is 4.79 Å². The van der Waals surface area contributed by atoms with Crippen LogP contribution in [0.2, 0.25) is 5.02 Å². The van der Waals surface area contributed by atoms with Crippen molar-refractivity contribution in [1.82, 2.24) is 5.32 Å². The summed E-state index contributed by atoms with van der Waals surface area (Å²) in [5.74, 6) is 0.981. The van der Waals surface area contributed by atoms with Crippen molar-refractivity contribution in [3.05, 3.63) is 35.4 Å². The lowest BCUT2D eigenvalue weighted by Crippen LogP contribution is -2.19. The first-order valence-corrected chi connectivity index (χ1v) is 6.07. The van der Waals surface area contributed by atoms with Crippen LogP contribution in [0.3, 0.4) is 0 Å². The van der Waals surface area contributed by atoms with E-state index >= 15 is 0 Å². The molecule has 1 aliphatic heterocycles. The van der Waals surface area contributed by atoms with Gasteiger partial charge in [-0.3, -0.25) is 4.79 Å². The molecule has 0 aromatic heterocycles. The van der Waals surface area contributed by atoms with E-state index in [-0.39, 0.29) is 5.91 Å². The van der Waals surface area contributed by atoms with Gasteiger partial charge in [-0.15, -0.1) is 0 Å². The van der Waals surface area contributed by atoms with Crippen LogP contribution in [0.25, 0.3) is 0 Å². The van der Waals surface area contributed by atoms with E-state index in [2.05, 4.69) is 11.9 Å². The molecule has 1 aromatic rings. The summed E-state index contributed by atoms with van der Waals surface area (Å²) in [6, 6.07) is 3.59. The minimum atomic E-state index is -0.224. The first-order valence-electron chi connectivity index (χ1n) is 5.69. The van der Waals surface area contributed by atoms with Crippen LogP contribution < -0.4 is 14.8 Å². The molecule has 0 unspecified atom stereocenters. The molecule has 0 fully saturated rings. The van der Waals surface area contributed by atoms with Crippen molar-refractivity contribution in [2.24, 2.45) is 0 Å². The summed E-state index contributed by atoms with van der Waals surface area (Å²) in [6.45, 7) is 4.97. The molecule has 5 heteroatoms. The fourth-order valence-electron chi connectivity index (χ4n) is 1.65. The molecule has 96 valence electrons. The van der Waals surface area contributed by atoms with Gasteiger partial charge in [0.1, 0.15) is 0 Å². The molecule has 0 spiro atoms. The van der Waals surface area contributed by atoms with E-state index in [4.69, 9.17) is 21.1 Å². The average molecular weight is 268 g/mol. The summed E-state index contributed by atoms with van der Waals surface area (Å²) in [5.41, 5.74) is 0.861. The first-order chi connectivity index (χ1) is 8.70. The number of halogens is 1. The molecular formula is C13H14ClNO3. The van der Waals surface area contributed by atoms with Gasteiger partial charge in [0.15, 0.2) is 11.5 Å². The van der Waals surface area contributed by atoms with Crippen molar-refractivity contribution in [2.75, 3.05) is 13.2 Å². The molecule has 1 N–H and O–H groups in total. The van der Waals surface area contributed by atoms with E-state index in [1.807, 2.05) is 6.07 Å². The molecule has 1 amide bonds. The fourth-order valence-corrected chi connectivity index (χ4v) is 1.94. The highest BCUT2D eigenvalue weighted by Gasteiger charge is 2.15. The number of hydrogen-bond acceptors (Lipinski definition) is 3. The third kappa shape index (κ3) is 2.96. The maximum atomic E-state index is 11.1. The van der Waals surface area contributed by atoms with E-state index in [0.717, 1.165) is 12.0 Å². The third-order valence-corrected chi connectivity index (χ3v) is 2.79. The second-order valence-electron chi connectivity index (χ2n) is 3.88. The van der Waals surface area contributed by atoms with E-state index in [0.29, 0.717) is 36.3 Å². The van der Waals surface area contributed by atoms with Crippen molar-refractivity contribution in [1.29, 1.82) is 0 Å². The molecule has 0 radical (unpaired) electrons. The smallest absolute Gasteiger partial charge is 0.243 e. The zero-order chi connectivity index (χ0) is 13.0. The molecule has 0 bridgehead atoms. The van der Waals surface area contributed by atoms with Crippen LogP contribution in [0.5, 0.6) is 11.5 Å². The molecule has 4 nitrogen and oxygen atoms in total. The summed E-state index contributed by atoms with van der Waals surface area (Å²) in [7, 11) is 0. The fraction of sp³-hybridized carbons (Fsp3) is 0.308. The Morgan fingerprint density at radius 2 is 2.22 bits per heavy atom. The van der Waals surface area contributed by atoms with Crippen LogP contribution in [0.1, 0.15) is 12.0 Å². The number of ether oxygens (including phenoxy) is 2. The lowest BCUT2D eigenvalue weighted by Gasteiger charge is -2.11. The van der Waals surface area contributed by atoms with Gasteiger partial charge in [0, 0.05) is 13.0 Å². The zero-order valence-corrected chi connectivity index (χ0v) is 10.6. The quantitative estimate of drug-likeness (QED) is 0.855. The minimum absolute atomic E-state index is 0.224. The summed E-state index contributed by atoms with van der Waals surface area (Å²) in [5, 5.41) is 3.18. The molecule has 0 atom stereocenters. The number of carbonyl (C=O) groups is 1. The molecule has 0 aliphatic carbocycles. The van der Waals surface area contributed by atoms with Crippen molar-refractivity contribution >= 4 is 17.5 Å². The second-order valence-corrected chi connectivity index (χ2v) is 4.28. The Kier molecular flexibility index (Phi) is 4.10. The highest BCUT2D eigenvalue weighted by molar-refractivity contribution is 6.32. The molecule has 1 aliphatic rings. The lowest BCUT2D eigenvalue weighted by molar-refractivity contribution is -0.116. The highest BCUT2D eigenvalue weighted by atomic mass is 35.5. The Morgan fingerprint density at radius 3 is 3.00 bits per heavy atom. The lowest BCUT2D eigenvalue weighted by atomic mass is 10.2. The minimum Gasteiger partial charge on any atom is -0.489 e. The second kappa shape index (κ2) is 5.78. The Balaban J connectivity index is 2.18. The Morgan fingerprint density at radius 1 is 1.44 bits per heavy atom. The molecule has 1 heterocycles. The van der Waals surface area contributed by atoms with Gasteiger partial charge in [-0.05, 0) is 23.8 Å². The van der Waals surface area contributed by atoms with Gasteiger partial charge in [-0.2, -0.15) is 0 Å². The Bertz CT molecular complexity index is 474. The van der Waals surface area contributed by atoms with E-state index in [1.165, 1.54) is 6.08 Å². The molecule has 2 rings (SSSR count). The predicted molar refractivity (Wildman–Crippen MR) is 69.1 cm³/mol. The van der Waals surface area contributed by atoms with Gasteiger partial charge in [0.2, 0.25) is 5.91 Å². The zero-order valence-electron chi connectivity index (χ0n) is 9.87. The van der Waals surface area contributed by atoms with Gasteiger partial charge in [0.05, 0.1) is 18.2 Å². The monoisotopic (exact) mass is 267 g/mol. The largest absolute Gasteiger partial charge is 0.489 e. The number of carbonyl (C=O) groups excluding carboxylic acids is 1. The number of fused-ring (bicyclic) bond motifs is 1. The highest BCUT2D eigenvalue weighted by Crippen LogP contribution is 2.37. The Hall–Kier alpha value is -1.68. The van der Waals surface area contributed by atoms with E-state index in [1.54, 1.807) is 6.07 Å². The van der Waals surface area contributed by atoms with Crippen LogP contribution in [-0.2, 0) is 11.3 Å². The SMILES string of the molecule is C=CC(=O)NCc1cc(Cl)c2c(c1)OCCCO2. The summed E-state index contributed by atoms with van der Waals surface area (Å²) in [6.07, 6.45) is 2.05. The Labute approximate surface area is 111 Å². The summed E-state index contributed by atoms with van der Waals surface area (Å²) in [4.78, 5) is 11.1. The molecular weight excluding hydrogens is 254 g/mol. The van der Waals surface area contributed by atoms with Crippen LogP contribution in [0.15, 0.2) is 24.8 Å². The molecule has 18 heavy (non-hydrogen) atoms. The van der Waals surface area contributed by atoms with Gasteiger partial charge < -0.3 is 14.8 Å². The van der Waals surface area contributed by atoms with E-state index < -0.39 is 0 Å². The predicted octanol–water partition coefficient (Wildman–Crippen LogP) is 2.30. The normalized spacial score (nSPS) is 13.6. The first kappa shape index (κ1) is 12.8. The number of amides is 1. The number of hydrogen-bond donors (Lipinski definition) is 1. The third-order valence-electron chi connectivity index (χ3n) is 2.51. The topological polar surface area (TPSA) is 47.6 Å².